The number of rotatable bonds is 4. The molecule has 2 aromatic heterocycles. The molecule has 8 nitrogen and oxygen atoms in total. The molecule has 0 aliphatic carbocycles. The van der Waals surface area contributed by atoms with Gasteiger partial charge in [-0.2, -0.15) is 4.98 Å². The molecule has 0 spiro atoms. The van der Waals surface area contributed by atoms with Gasteiger partial charge in [-0.25, -0.2) is 4.79 Å². The molecule has 0 fully saturated rings. The van der Waals surface area contributed by atoms with Crippen molar-refractivity contribution in [1.82, 2.24) is 20.0 Å². The fourth-order valence-electron chi connectivity index (χ4n) is 2.72. The lowest BCUT2D eigenvalue weighted by Crippen LogP contribution is -2.45. The minimum absolute atomic E-state index is 0.290. The number of nitrogens with zero attached hydrogens (tertiary/aromatic N) is 3. The molecular weight excluding hydrogens is 348 g/mol. The highest BCUT2D eigenvalue weighted by atomic mass is 16.5. The van der Waals surface area contributed by atoms with Gasteiger partial charge in [-0.15, -0.1) is 0 Å². The van der Waals surface area contributed by atoms with E-state index in [2.05, 4.69) is 15.5 Å². The summed E-state index contributed by atoms with van der Waals surface area (Å²) in [6.45, 7) is 11.1. The maximum absolute atomic E-state index is 12.8. The molecule has 3 rings (SSSR count). The smallest absolute Gasteiger partial charge is 0.408 e. The molecule has 144 valence electrons. The Morgan fingerprint density at radius 2 is 1.85 bits per heavy atom. The van der Waals surface area contributed by atoms with E-state index in [0.717, 1.165) is 0 Å². The van der Waals surface area contributed by atoms with Gasteiger partial charge in [0.05, 0.1) is 11.1 Å². The summed E-state index contributed by atoms with van der Waals surface area (Å²) in [7, 11) is 0. The quantitative estimate of drug-likeness (QED) is 0.755. The van der Waals surface area contributed by atoms with Gasteiger partial charge in [0, 0.05) is 5.41 Å². The summed E-state index contributed by atoms with van der Waals surface area (Å²) in [4.78, 5) is 29.5. The Labute approximate surface area is 156 Å². The summed E-state index contributed by atoms with van der Waals surface area (Å²) in [6, 6.07) is 6.22. The van der Waals surface area contributed by atoms with Crippen LogP contribution in [0.1, 0.15) is 59.3 Å². The highest BCUT2D eigenvalue weighted by Crippen LogP contribution is 2.25. The van der Waals surface area contributed by atoms with Gasteiger partial charge in [-0.05, 0) is 32.9 Å². The fraction of sp³-hybridized carbons (Fsp3) is 0.474. The van der Waals surface area contributed by atoms with Crippen molar-refractivity contribution in [2.45, 2.75) is 58.5 Å². The van der Waals surface area contributed by atoms with Crippen LogP contribution in [-0.4, -0.2) is 20.6 Å². The Bertz CT molecular complexity index is 1040. The highest BCUT2D eigenvalue weighted by Gasteiger charge is 2.33. The lowest BCUT2D eigenvalue weighted by Gasteiger charge is -2.25. The number of hydrogen-bond acceptors (Lipinski definition) is 6. The van der Waals surface area contributed by atoms with Crippen LogP contribution < -0.4 is 11.1 Å². The first-order chi connectivity index (χ1) is 12.5. The normalized spacial score (nSPS) is 13.7. The molecule has 0 saturated carbocycles. The van der Waals surface area contributed by atoms with Gasteiger partial charge in [0.15, 0.2) is 11.4 Å². The zero-order valence-corrected chi connectivity index (χ0v) is 16.4. The molecular formula is C19H24N4O4. The van der Waals surface area contributed by atoms with Crippen molar-refractivity contribution in [2.75, 3.05) is 0 Å². The van der Waals surface area contributed by atoms with E-state index in [-0.39, 0.29) is 11.3 Å². The molecule has 0 radical (unpaired) electrons. The van der Waals surface area contributed by atoms with E-state index in [4.69, 9.17) is 8.94 Å². The molecule has 1 amide bonds. The van der Waals surface area contributed by atoms with Gasteiger partial charge in [0.2, 0.25) is 11.8 Å². The number of amides is 1. The lowest BCUT2D eigenvalue weighted by atomic mass is 9.97. The molecule has 27 heavy (non-hydrogen) atoms. The maximum Gasteiger partial charge on any atom is 0.420 e. The van der Waals surface area contributed by atoms with Crippen molar-refractivity contribution in [3.05, 3.63) is 46.5 Å². The fourth-order valence-corrected chi connectivity index (χ4v) is 2.72. The summed E-state index contributed by atoms with van der Waals surface area (Å²) < 4.78 is 11.9. The van der Waals surface area contributed by atoms with Crippen LogP contribution in [0.2, 0.25) is 0 Å². The van der Waals surface area contributed by atoms with Crippen LogP contribution >= 0.6 is 0 Å². The Morgan fingerprint density at radius 3 is 2.48 bits per heavy atom. The summed E-state index contributed by atoms with van der Waals surface area (Å²) in [5, 5.41) is 6.90. The topological polar surface area (TPSA) is 103 Å². The van der Waals surface area contributed by atoms with E-state index in [1.54, 1.807) is 45.0 Å². The first-order valence-corrected chi connectivity index (χ1v) is 8.77. The SMILES string of the molecule is CC(C(=O)NC(C)(C)c1noc(C(C)(C)C)n1)n1c(=O)oc2ccccc21. The van der Waals surface area contributed by atoms with Gasteiger partial charge in [0.1, 0.15) is 6.04 Å². The second-order valence-corrected chi connectivity index (χ2v) is 8.17. The van der Waals surface area contributed by atoms with Crippen LogP contribution in [-0.2, 0) is 15.7 Å². The number of benzene rings is 1. The van der Waals surface area contributed by atoms with Crippen LogP contribution in [0.15, 0.2) is 38.0 Å². The van der Waals surface area contributed by atoms with Crippen molar-refractivity contribution in [1.29, 1.82) is 0 Å². The Morgan fingerprint density at radius 1 is 1.19 bits per heavy atom. The molecule has 0 aliphatic rings. The highest BCUT2D eigenvalue weighted by molar-refractivity contribution is 5.83. The predicted octanol–water partition coefficient (Wildman–Crippen LogP) is 2.89. The number of nitrogens with one attached hydrogen (secondary N) is 1. The summed E-state index contributed by atoms with van der Waals surface area (Å²) in [5.74, 6) is -0.0655. The van der Waals surface area contributed by atoms with Crippen molar-refractivity contribution >= 4 is 17.0 Å². The summed E-state index contributed by atoms with van der Waals surface area (Å²) in [5.41, 5.74) is -0.157. The first-order valence-electron chi connectivity index (χ1n) is 8.77. The number of aromatic nitrogens is 3. The molecule has 0 saturated heterocycles. The second-order valence-electron chi connectivity index (χ2n) is 8.17. The zero-order chi connectivity index (χ0) is 20.0. The van der Waals surface area contributed by atoms with Crippen LogP contribution in [0.25, 0.3) is 11.1 Å². The van der Waals surface area contributed by atoms with Gasteiger partial charge < -0.3 is 14.3 Å². The number of fused-ring (bicyclic) bond motifs is 1. The minimum atomic E-state index is -0.874. The summed E-state index contributed by atoms with van der Waals surface area (Å²) in [6.07, 6.45) is 0. The molecule has 8 heteroatoms. The van der Waals surface area contributed by atoms with Crippen LogP contribution in [0, 0.1) is 0 Å². The van der Waals surface area contributed by atoms with Gasteiger partial charge in [-0.1, -0.05) is 38.1 Å². The minimum Gasteiger partial charge on any atom is -0.408 e. The summed E-state index contributed by atoms with van der Waals surface area (Å²) >= 11 is 0. The van der Waals surface area contributed by atoms with Crippen LogP contribution in [0.3, 0.4) is 0 Å². The predicted molar refractivity (Wildman–Crippen MR) is 99.4 cm³/mol. The number of para-hydroxylation sites is 2. The molecule has 3 aromatic rings. The third-order valence-electron chi connectivity index (χ3n) is 4.35. The molecule has 1 atom stereocenters. The third-order valence-corrected chi connectivity index (χ3v) is 4.35. The Kier molecular flexibility index (Phi) is 4.45. The molecule has 1 aromatic carbocycles. The lowest BCUT2D eigenvalue weighted by molar-refractivity contribution is -0.125. The van der Waals surface area contributed by atoms with E-state index in [9.17, 15) is 9.59 Å². The zero-order valence-electron chi connectivity index (χ0n) is 16.4. The number of oxazole rings is 1. The average molecular weight is 372 g/mol. The van der Waals surface area contributed by atoms with Gasteiger partial charge >= 0.3 is 5.76 Å². The first kappa shape index (κ1) is 18.9. The van der Waals surface area contributed by atoms with Crippen molar-refractivity contribution in [3.8, 4) is 0 Å². The number of hydrogen-bond donors (Lipinski definition) is 1. The molecule has 2 heterocycles. The second kappa shape index (κ2) is 6.37. The van der Waals surface area contributed by atoms with Crippen molar-refractivity contribution in [3.63, 3.8) is 0 Å². The number of carbonyl (C=O) groups excluding carboxylic acids is 1. The van der Waals surface area contributed by atoms with E-state index in [1.165, 1.54) is 4.57 Å². The molecule has 0 aliphatic heterocycles. The molecule has 0 bridgehead atoms. The largest absolute Gasteiger partial charge is 0.420 e. The van der Waals surface area contributed by atoms with Gasteiger partial charge in [-0.3, -0.25) is 9.36 Å². The molecule has 1 N–H and O–H groups in total. The monoisotopic (exact) mass is 372 g/mol. The van der Waals surface area contributed by atoms with Crippen molar-refractivity contribution < 1.29 is 13.7 Å². The van der Waals surface area contributed by atoms with Gasteiger partial charge in [0.25, 0.3) is 0 Å². The van der Waals surface area contributed by atoms with E-state index >= 15 is 0 Å². The van der Waals surface area contributed by atoms with E-state index < -0.39 is 17.3 Å². The molecule has 1 unspecified atom stereocenters. The van der Waals surface area contributed by atoms with Crippen molar-refractivity contribution in [2.24, 2.45) is 0 Å². The van der Waals surface area contributed by atoms with E-state index in [1.807, 2.05) is 20.8 Å². The third kappa shape index (κ3) is 3.51. The van der Waals surface area contributed by atoms with E-state index in [0.29, 0.717) is 22.8 Å². The van der Waals surface area contributed by atoms with Crippen LogP contribution in [0.5, 0.6) is 0 Å². The average Bonchev–Trinajstić information content (AvgIpc) is 3.18. The Balaban J connectivity index is 1.86. The Hall–Kier alpha value is -2.90. The van der Waals surface area contributed by atoms with Crippen LogP contribution in [0.4, 0.5) is 0 Å². The number of carbonyl (C=O) groups is 1. The standard InChI is InChI=1S/C19H24N4O4/c1-11(23-12-9-7-8-10-13(12)26-17(23)25)14(24)21-19(5,6)15-20-16(27-22-15)18(2,3)4/h7-11H,1-6H3,(H,21,24). The maximum atomic E-state index is 12.8.